The molecular weight excluding hydrogens is 334 g/mol. The molecule has 1 aromatic carbocycles. The summed E-state index contributed by atoms with van der Waals surface area (Å²) in [7, 11) is 0. The molecule has 3 rings (SSSR count). The lowest BCUT2D eigenvalue weighted by atomic mass is 10.3. The van der Waals surface area contributed by atoms with Crippen LogP contribution in [0.2, 0.25) is 0 Å². The van der Waals surface area contributed by atoms with Crippen molar-refractivity contribution in [1.82, 2.24) is 15.1 Å². The van der Waals surface area contributed by atoms with Gasteiger partial charge in [-0.15, -0.1) is 0 Å². The molecule has 0 aliphatic carbocycles. The maximum atomic E-state index is 5.77. The van der Waals surface area contributed by atoms with Crippen molar-refractivity contribution in [3.63, 3.8) is 0 Å². The predicted molar refractivity (Wildman–Crippen MR) is 80.7 cm³/mol. The molecule has 2 heterocycles. The van der Waals surface area contributed by atoms with E-state index in [2.05, 4.69) is 31.1 Å². The predicted octanol–water partition coefficient (Wildman–Crippen LogP) is 4.03. The minimum Gasteiger partial charge on any atom is -0.481 e. The van der Waals surface area contributed by atoms with E-state index >= 15 is 0 Å². The van der Waals surface area contributed by atoms with Gasteiger partial charge in [0.1, 0.15) is 11.4 Å². The number of ether oxygens (including phenoxy) is 1. The smallest absolute Gasteiger partial charge is 0.267 e. The number of pyridine rings is 1. The van der Waals surface area contributed by atoms with Gasteiger partial charge in [-0.25, -0.2) is 0 Å². The van der Waals surface area contributed by atoms with Gasteiger partial charge in [0.05, 0.1) is 0 Å². The van der Waals surface area contributed by atoms with Gasteiger partial charge in [-0.3, -0.25) is 4.98 Å². The van der Waals surface area contributed by atoms with Crippen LogP contribution >= 0.6 is 15.9 Å². The van der Waals surface area contributed by atoms with Gasteiger partial charge in [-0.1, -0.05) is 27.2 Å². The first kappa shape index (κ1) is 13.8. The number of hydrogen-bond acceptors (Lipinski definition) is 5. The largest absolute Gasteiger partial charge is 0.481 e. The standard InChI is InChI=1S/C15H12BrN3O2/c1-10(20-12-7-5-11(16)6-8-12)15-18-14(19-21-15)13-4-2-3-9-17-13/h2-10H,1H3. The van der Waals surface area contributed by atoms with E-state index < -0.39 is 0 Å². The quantitative estimate of drug-likeness (QED) is 0.714. The molecular formula is C15H12BrN3O2. The Bertz CT molecular complexity index is 713. The van der Waals surface area contributed by atoms with Crippen molar-refractivity contribution in [2.45, 2.75) is 13.0 Å². The van der Waals surface area contributed by atoms with Gasteiger partial charge in [-0.2, -0.15) is 4.98 Å². The molecule has 0 fully saturated rings. The summed E-state index contributed by atoms with van der Waals surface area (Å²) in [6.45, 7) is 1.86. The zero-order valence-corrected chi connectivity index (χ0v) is 12.8. The lowest BCUT2D eigenvalue weighted by molar-refractivity contribution is 0.176. The normalized spacial score (nSPS) is 12.1. The van der Waals surface area contributed by atoms with Gasteiger partial charge in [0.15, 0.2) is 6.10 Å². The van der Waals surface area contributed by atoms with Crippen LogP contribution in [-0.2, 0) is 0 Å². The lowest BCUT2D eigenvalue weighted by Crippen LogP contribution is -2.03. The fraction of sp³-hybridized carbons (Fsp3) is 0.133. The van der Waals surface area contributed by atoms with E-state index in [1.807, 2.05) is 49.4 Å². The fourth-order valence-electron chi connectivity index (χ4n) is 1.77. The van der Waals surface area contributed by atoms with Gasteiger partial charge >= 0.3 is 0 Å². The first-order valence-electron chi connectivity index (χ1n) is 6.39. The molecule has 0 amide bonds. The average molecular weight is 346 g/mol. The molecule has 1 unspecified atom stereocenters. The molecule has 0 radical (unpaired) electrons. The van der Waals surface area contributed by atoms with Crippen molar-refractivity contribution in [2.75, 3.05) is 0 Å². The summed E-state index contributed by atoms with van der Waals surface area (Å²) in [4.78, 5) is 8.50. The van der Waals surface area contributed by atoms with E-state index in [0.717, 1.165) is 10.2 Å². The van der Waals surface area contributed by atoms with E-state index in [4.69, 9.17) is 9.26 Å². The Morgan fingerprint density at radius 1 is 1.14 bits per heavy atom. The topological polar surface area (TPSA) is 61.0 Å². The minimum atomic E-state index is -0.337. The zero-order valence-electron chi connectivity index (χ0n) is 11.2. The minimum absolute atomic E-state index is 0.337. The van der Waals surface area contributed by atoms with E-state index in [-0.39, 0.29) is 6.10 Å². The molecule has 0 saturated heterocycles. The van der Waals surface area contributed by atoms with Gasteiger partial charge in [0.25, 0.3) is 5.89 Å². The summed E-state index contributed by atoms with van der Waals surface area (Å²) in [5.41, 5.74) is 0.670. The van der Waals surface area contributed by atoms with Crippen LogP contribution in [0.4, 0.5) is 0 Å². The maximum absolute atomic E-state index is 5.77. The van der Waals surface area contributed by atoms with Crippen molar-refractivity contribution < 1.29 is 9.26 Å². The number of hydrogen-bond donors (Lipinski definition) is 0. The Morgan fingerprint density at radius 3 is 2.67 bits per heavy atom. The second kappa shape index (κ2) is 6.05. The van der Waals surface area contributed by atoms with Crippen LogP contribution in [0.3, 0.4) is 0 Å². The molecule has 0 aliphatic rings. The third kappa shape index (κ3) is 3.28. The second-order valence-corrected chi connectivity index (χ2v) is 5.30. The lowest BCUT2D eigenvalue weighted by Gasteiger charge is -2.10. The zero-order chi connectivity index (χ0) is 14.7. The Kier molecular flexibility index (Phi) is 3.96. The van der Waals surface area contributed by atoms with Crippen molar-refractivity contribution in [3.05, 3.63) is 59.0 Å². The van der Waals surface area contributed by atoms with E-state index in [9.17, 15) is 0 Å². The maximum Gasteiger partial charge on any atom is 0.267 e. The molecule has 1 atom stereocenters. The van der Waals surface area contributed by atoms with Crippen molar-refractivity contribution >= 4 is 15.9 Å². The third-order valence-corrected chi connectivity index (χ3v) is 3.34. The van der Waals surface area contributed by atoms with Crippen LogP contribution in [-0.4, -0.2) is 15.1 Å². The van der Waals surface area contributed by atoms with Crippen molar-refractivity contribution in [2.24, 2.45) is 0 Å². The fourth-order valence-corrected chi connectivity index (χ4v) is 2.03. The molecule has 21 heavy (non-hydrogen) atoms. The van der Waals surface area contributed by atoms with Gasteiger partial charge in [0.2, 0.25) is 5.82 Å². The molecule has 0 spiro atoms. The van der Waals surface area contributed by atoms with Gasteiger partial charge in [0, 0.05) is 10.7 Å². The molecule has 5 nitrogen and oxygen atoms in total. The molecule has 2 aromatic heterocycles. The summed E-state index contributed by atoms with van der Waals surface area (Å²) in [5, 5.41) is 3.93. The highest BCUT2D eigenvalue weighted by Gasteiger charge is 2.17. The Hall–Kier alpha value is -2.21. The Balaban J connectivity index is 1.75. The Morgan fingerprint density at radius 2 is 1.95 bits per heavy atom. The molecule has 0 N–H and O–H groups in total. The van der Waals surface area contributed by atoms with Crippen LogP contribution in [0.5, 0.6) is 5.75 Å². The number of benzene rings is 1. The number of nitrogens with zero attached hydrogens (tertiary/aromatic N) is 3. The average Bonchev–Trinajstić information content (AvgIpc) is 3.00. The first-order chi connectivity index (χ1) is 10.2. The second-order valence-electron chi connectivity index (χ2n) is 4.39. The highest BCUT2D eigenvalue weighted by Crippen LogP contribution is 2.23. The number of aromatic nitrogens is 3. The number of rotatable bonds is 4. The van der Waals surface area contributed by atoms with Crippen LogP contribution in [0.15, 0.2) is 57.7 Å². The van der Waals surface area contributed by atoms with Crippen molar-refractivity contribution in [1.29, 1.82) is 0 Å². The first-order valence-corrected chi connectivity index (χ1v) is 7.19. The van der Waals surface area contributed by atoms with Gasteiger partial charge in [-0.05, 0) is 43.3 Å². The monoisotopic (exact) mass is 345 g/mol. The highest BCUT2D eigenvalue weighted by molar-refractivity contribution is 9.10. The summed E-state index contributed by atoms with van der Waals surface area (Å²) in [5.74, 6) is 1.61. The molecule has 3 aromatic rings. The van der Waals surface area contributed by atoms with E-state index in [0.29, 0.717) is 17.4 Å². The molecule has 0 aliphatic heterocycles. The van der Waals surface area contributed by atoms with Crippen molar-refractivity contribution in [3.8, 4) is 17.3 Å². The summed E-state index contributed by atoms with van der Waals surface area (Å²) >= 11 is 3.38. The molecule has 6 heteroatoms. The molecule has 106 valence electrons. The van der Waals surface area contributed by atoms with Crippen LogP contribution in [0.1, 0.15) is 18.9 Å². The summed E-state index contributed by atoms with van der Waals surface area (Å²) < 4.78 is 12.0. The third-order valence-electron chi connectivity index (χ3n) is 2.81. The molecule has 0 bridgehead atoms. The van der Waals surface area contributed by atoms with Crippen LogP contribution in [0, 0.1) is 0 Å². The van der Waals surface area contributed by atoms with Gasteiger partial charge < -0.3 is 9.26 Å². The Labute approximate surface area is 130 Å². The van der Waals surface area contributed by atoms with Crippen LogP contribution in [0.25, 0.3) is 11.5 Å². The van der Waals surface area contributed by atoms with E-state index in [1.54, 1.807) is 6.20 Å². The molecule has 0 saturated carbocycles. The number of halogens is 1. The van der Waals surface area contributed by atoms with E-state index in [1.165, 1.54) is 0 Å². The SMILES string of the molecule is CC(Oc1ccc(Br)cc1)c1nc(-c2ccccn2)no1. The summed E-state index contributed by atoms with van der Waals surface area (Å²) in [6.07, 6.45) is 1.35. The summed E-state index contributed by atoms with van der Waals surface area (Å²) in [6, 6.07) is 13.1. The highest BCUT2D eigenvalue weighted by atomic mass is 79.9. The van der Waals surface area contributed by atoms with Crippen LogP contribution < -0.4 is 4.74 Å².